The van der Waals surface area contributed by atoms with E-state index in [1.54, 1.807) is 12.2 Å². The zero-order valence-electron chi connectivity index (χ0n) is 8.06. The Balaban J connectivity index is 4.32. The maximum Gasteiger partial charge on any atom is 0.129 e. The van der Waals surface area contributed by atoms with Crippen molar-refractivity contribution in [2.75, 3.05) is 12.0 Å². The minimum absolute atomic E-state index is 0.412. The van der Waals surface area contributed by atoms with Gasteiger partial charge in [0.1, 0.15) is 6.29 Å². The SMILES string of the molecule is C=C/C(C)=C\C(C=O)C(O)CSC. The van der Waals surface area contributed by atoms with E-state index in [-0.39, 0.29) is 0 Å². The molecule has 0 aliphatic heterocycles. The molecule has 13 heavy (non-hydrogen) atoms. The number of hydrogen-bond acceptors (Lipinski definition) is 3. The second kappa shape index (κ2) is 6.92. The van der Waals surface area contributed by atoms with Crippen molar-refractivity contribution in [1.29, 1.82) is 0 Å². The summed E-state index contributed by atoms with van der Waals surface area (Å²) in [7, 11) is 0. The molecule has 0 bridgehead atoms. The average Bonchev–Trinajstić information content (AvgIpc) is 2.14. The Morgan fingerprint density at radius 1 is 1.69 bits per heavy atom. The molecular weight excluding hydrogens is 184 g/mol. The fraction of sp³-hybridized carbons (Fsp3) is 0.500. The molecule has 0 fully saturated rings. The van der Waals surface area contributed by atoms with Gasteiger partial charge in [0.25, 0.3) is 0 Å². The summed E-state index contributed by atoms with van der Waals surface area (Å²) < 4.78 is 0. The highest BCUT2D eigenvalue weighted by Gasteiger charge is 2.14. The number of carbonyl (C=O) groups is 1. The summed E-state index contributed by atoms with van der Waals surface area (Å²) >= 11 is 1.52. The number of aliphatic hydroxyl groups excluding tert-OH is 1. The number of allylic oxidation sites excluding steroid dienone is 2. The lowest BCUT2D eigenvalue weighted by Crippen LogP contribution is -2.22. The molecule has 2 atom stereocenters. The molecular formula is C10H16O2S. The number of hydrogen-bond donors (Lipinski definition) is 1. The summed E-state index contributed by atoms with van der Waals surface area (Å²) in [5, 5.41) is 9.52. The number of aldehydes is 1. The fourth-order valence-corrected chi connectivity index (χ4v) is 1.46. The first kappa shape index (κ1) is 12.5. The predicted octanol–water partition coefficient (Wildman–Crippen LogP) is 1.66. The Morgan fingerprint density at radius 2 is 2.31 bits per heavy atom. The molecule has 0 aromatic rings. The first-order chi connectivity index (χ1) is 6.15. The van der Waals surface area contributed by atoms with E-state index in [2.05, 4.69) is 6.58 Å². The highest BCUT2D eigenvalue weighted by Crippen LogP contribution is 2.10. The number of rotatable bonds is 6. The van der Waals surface area contributed by atoms with Crippen molar-refractivity contribution >= 4 is 18.0 Å². The molecule has 3 heteroatoms. The van der Waals surface area contributed by atoms with Crippen LogP contribution in [0.3, 0.4) is 0 Å². The third kappa shape index (κ3) is 4.90. The Labute approximate surface area is 83.7 Å². The molecule has 0 amide bonds. The number of aliphatic hydroxyl groups is 1. The van der Waals surface area contributed by atoms with Gasteiger partial charge < -0.3 is 9.90 Å². The molecule has 0 saturated heterocycles. The summed E-state index contributed by atoms with van der Waals surface area (Å²) in [5.74, 6) is 0.162. The van der Waals surface area contributed by atoms with Gasteiger partial charge in [-0.25, -0.2) is 0 Å². The summed E-state index contributed by atoms with van der Waals surface area (Å²) in [4.78, 5) is 10.6. The van der Waals surface area contributed by atoms with E-state index >= 15 is 0 Å². The van der Waals surface area contributed by atoms with Gasteiger partial charge in [-0.3, -0.25) is 0 Å². The molecule has 0 radical (unpaired) electrons. The van der Waals surface area contributed by atoms with Gasteiger partial charge in [0, 0.05) is 5.75 Å². The van der Waals surface area contributed by atoms with Gasteiger partial charge in [0.15, 0.2) is 0 Å². The molecule has 2 unspecified atom stereocenters. The lowest BCUT2D eigenvalue weighted by atomic mass is 10.0. The Morgan fingerprint density at radius 3 is 2.69 bits per heavy atom. The molecule has 0 spiro atoms. The van der Waals surface area contributed by atoms with Crippen LogP contribution >= 0.6 is 11.8 Å². The molecule has 2 nitrogen and oxygen atoms in total. The van der Waals surface area contributed by atoms with E-state index in [0.29, 0.717) is 5.75 Å². The maximum atomic E-state index is 10.6. The first-order valence-corrected chi connectivity index (χ1v) is 5.48. The molecule has 1 N–H and O–H groups in total. The number of thioether (sulfide) groups is 1. The maximum absolute atomic E-state index is 10.6. The minimum Gasteiger partial charge on any atom is -0.391 e. The zero-order chi connectivity index (χ0) is 10.3. The largest absolute Gasteiger partial charge is 0.391 e. The van der Waals surface area contributed by atoms with Crippen LogP contribution < -0.4 is 0 Å². The summed E-state index contributed by atoms with van der Waals surface area (Å²) in [6.07, 6.45) is 5.48. The summed E-state index contributed by atoms with van der Waals surface area (Å²) in [5.41, 5.74) is 0.914. The summed E-state index contributed by atoms with van der Waals surface area (Å²) in [6.45, 7) is 5.44. The van der Waals surface area contributed by atoms with E-state index < -0.39 is 12.0 Å². The van der Waals surface area contributed by atoms with Crippen molar-refractivity contribution in [3.8, 4) is 0 Å². The van der Waals surface area contributed by atoms with Crippen LogP contribution in [0.15, 0.2) is 24.3 Å². The molecule has 74 valence electrons. The molecule has 0 aliphatic rings. The second-order valence-electron chi connectivity index (χ2n) is 2.85. The molecule has 0 saturated carbocycles. The van der Waals surface area contributed by atoms with Gasteiger partial charge in [-0.15, -0.1) is 0 Å². The van der Waals surface area contributed by atoms with Crippen LogP contribution in [0, 0.1) is 5.92 Å². The van der Waals surface area contributed by atoms with Gasteiger partial charge in [0.2, 0.25) is 0 Å². The first-order valence-electron chi connectivity index (χ1n) is 4.08. The van der Waals surface area contributed by atoms with E-state index in [1.165, 1.54) is 11.8 Å². The van der Waals surface area contributed by atoms with Crippen molar-refractivity contribution in [3.63, 3.8) is 0 Å². The van der Waals surface area contributed by atoms with Gasteiger partial charge in [-0.2, -0.15) is 11.8 Å². The molecule has 0 aliphatic carbocycles. The zero-order valence-corrected chi connectivity index (χ0v) is 8.88. The fourth-order valence-electron chi connectivity index (χ4n) is 0.895. The standard InChI is InChI=1S/C10H16O2S/c1-4-8(2)5-9(6-11)10(12)7-13-3/h4-6,9-10,12H,1,7H2,2-3H3/b8-5-. The normalized spacial score (nSPS) is 16.4. The van der Waals surface area contributed by atoms with Crippen LogP contribution in [0.5, 0.6) is 0 Å². The quantitative estimate of drug-likeness (QED) is 0.523. The van der Waals surface area contributed by atoms with Crippen molar-refractivity contribution in [2.45, 2.75) is 13.0 Å². The molecule has 0 heterocycles. The van der Waals surface area contributed by atoms with Gasteiger partial charge in [-0.05, 0) is 13.2 Å². The third-order valence-corrected chi connectivity index (χ3v) is 2.39. The van der Waals surface area contributed by atoms with E-state index in [9.17, 15) is 9.90 Å². The topological polar surface area (TPSA) is 37.3 Å². The van der Waals surface area contributed by atoms with Crippen molar-refractivity contribution in [2.24, 2.45) is 5.92 Å². The predicted molar refractivity (Wildman–Crippen MR) is 57.9 cm³/mol. The van der Waals surface area contributed by atoms with Gasteiger partial charge in [-0.1, -0.05) is 24.3 Å². The average molecular weight is 200 g/mol. The summed E-state index contributed by atoms with van der Waals surface area (Å²) in [6, 6.07) is 0. The smallest absolute Gasteiger partial charge is 0.129 e. The Hall–Kier alpha value is -0.540. The molecule has 0 aromatic carbocycles. The Kier molecular flexibility index (Phi) is 6.63. The van der Waals surface area contributed by atoms with Crippen molar-refractivity contribution in [1.82, 2.24) is 0 Å². The highest BCUT2D eigenvalue weighted by atomic mass is 32.2. The van der Waals surface area contributed by atoms with Gasteiger partial charge in [0.05, 0.1) is 12.0 Å². The highest BCUT2D eigenvalue weighted by molar-refractivity contribution is 7.98. The van der Waals surface area contributed by atoms with Crippen LogP contribution in [0.4, 0.5) is 0 Å². The molecule has 0 aromatic heterocycles. The van der Waals surface area contributed by atoms with Crippen molar-refractivity contribution < 1.29 is 9.90 Å². The van der Waals surface area contributed by atoms with Crippen LogP contribution in [0.1, 0.15) is 6.92 Å². The number of carbonyl (C=O) groups excluding carboxylic acids is 1. The van der Waals surface area contributed by atoms with E-state index in [0.717, 1.165) is 11.9 Å². The van der Waals surface area contributed by atoms with Crippen LogP contribution in [0.2, 0.25) is 0 Å². The molecule has 0 rings (SSSR count). The second-order valence-corrected chi connectivity index (χ2v) is 3.76. The lowest BCUT2D eigenvalue weighted by Gasteiger charge is -2.13. The van der Waals surface area contributed by atoms with Crippen LogP contribution in [-0.2, 0) is 4.79 Å². The van der Waals surface area contributed by atoms with Crippen LogP contribution in [-0.4, -0.2) is 29.5 Å². The van der Waals surface area contributed by atoms with Crippen molar-refractivity contribution in [3.05, 3.63) is 24.3 Å². The third-order valence-electron chi connectivity index (χ3n) is 1.72. The Bertz CT molecular complexity index is 199. The lowest BCUT2D eigenvalue weighted by molar-refractivity contribution is -0.112. The van der Waals surface area contributed by atoms with Gasteiger partial charge >= 0.3 is 0 Å². The minimum atomic E-state index is -0.595. The van der Waals surface area contributed by atoms with E-state index in [4.69, 9.17) is 0 Å². The monoisotopic (exact) mass is 200 g/mol. The van der Waals surface area contributed by atoms with E-state index in [1.807, 2.05) is 13.2 Å². The van der Waals surface area contributed by atoms with Crippen LogP contribution in [0.25, 0.3) is 0 Å².